The van der Waals surface area contributed by atoms with Gasteiger partial charge in [0.1, 0.15) is 16.9 Å². The van der Waals surface area contributed by atoms with E-state index in [2.05, 4.69) is 31.3 Å². The Morgan fingerprint density at radius 3 is 2.31 bits per heavy atom. The van der Waals surface area contributed by atoms with Crippen molar-refractivity contribution in [2.75, 3.05) is 5.73 Å². The summed E-state index contributed by atoms with van der Waals surface area (Å²) in [4.78, 5) is 22.9. The number of nitrogens with two attached hydrogens (primary N) is 1. The highest BCUT2D eigenvalue weighted by Gasteiger charge is 2.24. The Morgan fingerprint density at radius 2 is 1.62 bits per heavy atom. The van der Waals surface area contributed by atoms with Crippen LogP contribution in [0.4, 0.5) is 5.82 Å². The molecule has 4 aromatic rings. The first-order valence-electron chi connectivity index (χ1n) is 11.3. The first-order valence-corrected chi connectivity index (χ1v) is 11.3. The van der Waals surface area contributed by atoms with Gasteiger partial charge in [0.2, 0.25) is 0 Å². The molecule has 166 valence electrons. The summed E-state index contributed by atoms with van der Waals surface area (Å²) in [6.07, 6.45) is 2.69. The average Bonchev–Trinajstić information content (AvgIpc) is 3.05. The van der Waals surface area contributed by atoms with Gasteiger partial charge in [0, 0.05) is 12.6 Å². The number of hydrogen-bond acceptors (Lipinski definition) is 4. The van der Waals surface area contributed by atoms with Crippen molar-refractivity contribution >= 4 is 33.9 Å². The highest BCUT2D eigenvalue weighted by atomic mass is 16.1. The first kappa shape index (κ1) is 21.8. The number of para-hydroxylation sites is 2. The Balaban J connectivity index is 1.64. The van der Waals surface area contributed by atoms with Gasteiger partial charge in [0.05, 0.1) is 11.0 Å². The van der Waals surface area contributed by atoms with Crippen LogP contribution in [0.5, 0.6) is 0 Å². The number of aromatic nitrogens is 3. The van der Waals surface area contributed by atoms with Gasteiger partial charge in [-0.15, -0.1) is 0 Å². The van der Waals surface area contributed by atoms with E-state index in [-0.39, 0.29) is 11.9 Å². The molecule has 0 spiro atoms. The Morgan fingerprint density at radius 1 is 0.969 bits per heavy atom. The topological polar surface area (TPSA) is 85.8 Å². The minimum absolute atomic E-state index is 0.00425. The van der Waals surface area contributed by atoms with Crippen molar-refractivity contribution in [2.24, 2.45) is 5.92 Å². The fourth-order valence-electron chi connectivity index (χ4n) is 3.95. The molecule has 6 heteroatoms. The van der Waals surface area contributed by atoms with Crippen LogP contribution in [0.25, 0.3) is 22.2 Å². The third kappa shape index (κ3) is 4.59. The summed E-state index contributed by atoms with van der Waals surface area (Å²) in [5.74, 6) is 0.750. The molecule has 0 fully saturated rings. The van der Waals surface area contributed by atoms with Gasteiger partial charge in [-0.25, -0.2) is 9.97 Å². The molecule has 0 aliphatic heterocycles. The zero-order valence-electron chi connectivity index (χ0n) is 19.0. The first-order chi connectivity index (χ1) is 15.4. The normalized spacial score (nSPS) is 12.5. The summed E-state index contributed by atoms with van der Waals surface area (Å²) in [6, 6.07) is 18.0. The third-order valence-electron chi connectivity index (χ3n) is 5.84. The maximum atomic E-state index is 13.3. The molecule has 1 atom stereocenters. The quantitative estimate of drug-likeness (QED) is 0.414. The molecule has 1 unspecified atom stereocenters. The number of nitrogen functional groups attached to an aromatic ring is 1. The predicted octanol–water partition coefficient (Wildman–Crippen LogP) is 4.96. The number of carbonyl (C=O) groups excluding carboxylic acids is 1. The van der Waals surface area contributed by atoms with Crippen molar-refractivity contribution < 1.29 is 4.79 Å². The zero-order chi connectivity index (χ0) is 22.7. The van der Waals surface area contributed by atoms with Crippen LogP contribution in [0.15, 0.2) is 54.6 Å². The number of nitrogens with zero attached hydrogens (tertiary/aromatic N) is 3. The largest absolute Gasteiger partial charge is 0.384 e. The number of nitrogens with one attached hydrogen (secondary N) is 1. The minimum atomic E-state index is -0.194. The van der Waals surface area contributed by atoms with Gasteiger partial charge in [-0.2, -0.15) is 0 Å². The molecular weight excluding hydrogens is 398 g/mol. The SMILES string of the molecule is CC(C)CCn1c(N)c(C(=O)NC(C)CCc2ccccc2)c2nc3ccccc3nc21. The smallest absolute Gasteiger partial charge is 0.257 e. The second kappa shape index (κ2) is 9.39. The van der Waals surface area contributed by atoms with E-state index in [0.29, 0.717) is 35.0 Å². The maximum Gasteiger partial charge on any atom is 0.257 e. The Bertz CT molecular complexity index is 1230. The summed E-state index contributed by atoms with van der Waals surface area (Å²) < 4.78 is 1.94. The van der Waals surface area contributed by atoms with Gasteiger partial charge in [-0.05, 0) is 49.8 Å². The molecule has 0 radical (unpaired) electrons. The van der Waals surface area contributed by atoms with E-state index >= 15 is 0 Å². The highest BCUT2D eigenvalue weighted by Crippen LogP contribution is 2.28. The number of rotatable bonds is 8. The summed E-state index contributed by atoms with van der Waals surface area (Å²) in [5, 5.41) is 3.13. The molecule has 2 aromatic carbocycles. The molecule has 3 N–H and O–H groups in total. The van der Waals surface area contributed by atoms with Crippen molar-refractivity contribution in [3.8, 4) is 0 Å². The van der Waals surface area contributed by atoms with E-state index in [4.69, 9.17) is 15.7 Å². The molecule has 1 amide bonds. The number of benzene rings is 2. The average molecular weight is 430 g/mol. The maximum absolute atomic E-state index is 13.3. The van der Waals surface area contributed by atoms with E-state index in [1.807, 2.05) is 54.0 Å². The highest BCUT2D eigenvalue weighted by molar-refractivity contribution is 6.10. The number of fused-ring (bicyclic) bond motifs is 2. The minimum Gasteiger partial charge on any atom is -0.384 e. The lowest BCUT2D eigenvalue weighted by atomic mass is 10.1. The van der Waals surface area contributed by atoms with Crippen LogP contribution in [0.3, 0.4) is 0 Å². The molecule has 6 nitrogen and oxygen atoms in total. The fraction of sp³-hybridized carbons (Fsp3) is 0.346. The fourth-order valence-corrected chi connectivity index (χ4v) is 3.95. The van der Waals surface area contributed by atoms with Crippen molar-refractivity contribution in [1.29, 1.82) is 0 Å². The van der Waals surface area contributed by atoms with E-state index < -0.39 is 0 Å². The summed E-state index contributed by atoms with van der Waals surface area (Å²) in [6.45, 7) is 7.07. The van der Waals surface area contributed by atoms with Gasteiger partial charge < -0.3 is 15.6 Å². The lowest BCUT2D eigenvalue weighted by Gasteiger charge is -2.14. The van der Waals surface area contributed by atoms with E-state index in [0.717, 1.165) is 30.3 Å². The van der Waals surface area contributed by atoms with Crippen molar-refractivity contribution in [1.82, 2.24) is 19.9 Å². The molecule has 4 rings (SSSR count). The molecule has 0 aliphatic rings. The lowest BCUT2D eigenvalue weighted by molar-refractivity contribution is 0.0940. The second-order valence-electron chi connectivity index (χ2n) is 8.88. The van der Waals surface area contributed by atoms with Crippen LogP contribution in [0.1, 0.15) is 49.5 Å². The molecule has 32 heavy (non-hydrogen) atoms. The molecule has 0 aliphatic carbocycles. The number of anilines is 1. The van der Waals surface area contributed by atoms with Gasteiger partial charge in [0.25, 0.3) is 5.91 Å². The van der Waals surface area contributed by atoms with Crippen LogP contribution in [0.2, 0.25) is 0 Å². The zero-order valence-corrected chi connectivity index (χ0v) is 19.0. The standard InChI is InChI=1S/C26H31N5O/c1-17(2)15-16-31-24(27)22(23-25(31)30-21-12-8-7-11-20(21)29-23)26(32)28-18(3)13-14-19-9-5-4-6-10-19/h4-12,17-18H,13-16,27H2,1-3H3,(H,28,32). The van der Waals surface area contributed by atoms with Crippen molar-refractivity contribution in [3.05, 3.63) is 65.7 Å². The Kier molecular flexibility index (Phi) is 6.40. The van der Waals surface area contributed by atoms with E-state index in [1.165, 1.54) is 5.56 Å². The second-order valence-corrected chi connectivity index (χ2v) is 8.88. The summed E-state index contributed by atoms with van der Waals surface area (Å²) in [5.41, 5.74) is 11.0. The van der Waals surface area contributed by atoms with Crippen LogP contribution >= 0.6 is 0 Å². The van der Waals surface area contributed by atoms with Crippen molar-refractivity contribution in [2.45, 2.75) is 52.6 Å². The molecule has 0 saturated carbocycles. The van der Waals surface area contributed by atoms with Crippen LogP contribution in [-0.4, -0.2) is 26.5 Å². The molecule has 2 heterocycles. The summed E-state index contributed by atoms with van der Waals surface area (Å²) >= 11 is 0. The van der Waals surface area contributed by atoms with Crippen LogP contribution in [0, 0.1) is 5.92 Å². The lowest BCUT2D eigenvalue weighted by Crippen LogP contribution is -2.33. The van der Waals surface area contributed by atoms with E-state index in [1.54, 1.807) is 0 Å². The molecule has 0 bridgehead atoms. The van der Waals surface area contributed by atoms with Crippen LogP contribution in [-0.2, 0) is 13.0 Å². The summed E-state index contributed by atoms with van der Waals surface area (Å²) in [7, 11) is 0. The third-order valence-corrected chi connectivity index (χ3v) is 5.84. The molecule has 0 saturated heterocycles. The Labute approximate surface area is 188 Å². The molecular formula is C26H31N5O. The van der Waals surface area contributed by atoms with Gasteiger partial charge in [0.15, 0.2) is 5.65 Å². The predicted molar refractivity (Wildman–Crippen MR) is 131 cm³/mol. The number of aryl methyl sites for hydroxylation is 2. The number of carbonyl (C=O) groups is 1. The van der Waals surface area contributed by atoms with Gasteiger partial charge >= 0.3 is 0 Å². The number of amides is 1. The van der Waals surface area contributed by atoms with E-state index in [9.17, 15) is 4.79 Å². The monoisotopic (exact) mass is 429 g/mol. The van der Waals surface area contributed by atoms with Crippen LogP contribution < -0.4 is 11.1 Å². The van der Waals surface area contributed by atoms with Gasteiger partial charge in [-0.3, -0.25) is 4.79 Å². The Hall–Kier alpha value is -3.41. The van der Waals surface area contributed by atoms with Gasteiger partial charge in [-0.1, -0.05) is 56.3 Å². The van der Waals surface area contributed by atoms with Crippen molar-refractivity contribution in [3.63, 3.8) is 0 Å². The number of hydrogen-bond donors (Lipinski definition) is 2. The molecule has 2 aromatic heterocycles.